The Morgan fingerprint density at radius 3 is 2.94 bits per heavy atom. The van der Waals surface area contributed by atoms with Crippen molar-refractivity contribution in [1.29, 1.82) is 5.26 Å². The van der Waals surface area contributed by atoms with Gasteiger partial charge in [0.1, 0.15) is 6.04 Å². The van der Waals surface area contributed by atoms with Gasteiger partial charge in [-0.25, -0.2) is 0 Å². The van der Waals surface area contributed by atoms with E-state index in [1.807, 2.05) is 4.90 Å². The molecular weight excluding hydrogens is 216 g/mol. The van der Waals surface area contributed by atoms with Crippen LogP contribution in [0.15, 0.2) is 0 Å². The molecule has 2 fully saturated rings. The molecule has 1 saturated carbocycles. The molecule has 2 aliphatic rings. The summed E-state index contributed by atoms with van der Waals surface area (Å²) in [5.74, 6) is 0.0686. The summed E-state index contributed by atoms with van der Waals surface area (Å²) in [6.07, 6.45) is 4.66. The van der Waals surface area contributed by atoms with E-state index < -0.39 is 0 Å². The fourth-order valence-electron chi connectivity index (χ4n) is 2.59. The van der Waals surface area contributed by atoms with E-state index in [-0.39, 0.29) is 11.9 Å². The minimum atomic E-state index is -0.168. The summed E-state index contributed by atoms with van der Waals surface area (Å²) in [5, 5.41) is 15.2. The van der Waals surface area contributed by atoms with Crippen LogP contribution in [0.5, 0.6) is 0 Å². The second kappa shape index (κ2) is 5.99. The van der Waals surface area contributed by atoms with Crippen molar-refractivity contribution in [3.63, 3.8) is 0 Å². The molecule has 0 aromatic rings. The molecule has 1 heterocycles. The number of amides is 1. The molecule has 1 aliphatic heterocycles. The van der Waals surface area contributed by atoms with Crippen molar-refractivity contribution in [2.45, 2.75) is 37.8 Å². The van der Waals surface area contributed by atoms with Crippen molar-refractivity contribution < 1.29 is 4.79 Å². The summed E-state index contributed by atoms with van der Waals surface area (Å²) in [6, 6.07) is 2.43. The average Bonchev–Trinajstić information content (AvgIpc) is 2.82. The molecular formula is C12H20N4O. The van der Waals surface area contributed by atoms with Crippen molar-refractivity contribution in [3.05, 3.63) is 0 Å². The predicted octanol–water partition coefficient (Wildman–Crippen LogP) is -0.157. The number of nitrogens with zero attached hydrogens (tertiary/aromatic N) is 2. The fourth-order valence-corrected chi connectivity index (χ4v) is 2.59. The molecule has 0 spiro atoms. The van der Waals surface area contributed by atoms with Gasteiger partial charge in [0, 0.05) is 25.7 Å². The number of rotatable bonds is 3. The van der Waals surface area contributed by atoms with Gasteiger partial charge in [0.15, 0.2) is 0 Å². The molecule has 0 radical (unpaired) electrons. The lowest BCUT2D eigenvalue weighted by atomic mass is 10.2. The summed E-state index contributed by atoms with van der Waals surface area (Å²) >= 11 is 0. The zero-order chi connectivity index (χ0) is 12.1. The van der Waals surface area contributed by atoms with Gasteiger partial charge in [-0.3, -0.25) is 9.69 Å². The van der Waals surface area contributed by atoms with Gasteiger partial charge in [0.2, 0.25) is 5.91 Å². The Morgan fingerprint density at radius 1 is 1.47 bits per heavy atom. The molecule has 0 aromatic carbocycles. The van der Waals surface area contributed by atoms with E-state index >= 15 is 0 Å². The van der Waals surface area contributed by atoms with Crippen LogP contribution in [0.3, 0.4) is 0 Å². The van der Waals surface area contributed by atoms with Crippen LogP contribution in [-0.2, 0) is 4.79 Å². The van der Waals surface area contributed by atoms with Crippen LogP contribution in [0.4, 0.5) is 0 Å². The summed E-state index contributed by atoms with van der Waals surface area (Å²) in [6.45, 7) is 2.65. The zero-order valence-corrected chi connectivity index (χ0v) is 10.1. The Labute approximate surface area is 102 Å². The average molecular weight is 236 g/mol. The maximum atomic E-state index is 11.8. The number of carbonyl (C=O) groups excluding carboxylic acids is 1. The van der Waals surface area contributed by atoms with E-state index in [0.717, 1.165) is 25.9 Å². The van der Waals surface area contributed by atoms with Gasteiger partial charge in [0.05, 0.1) is 12.6 Å². The highest BCUT2D eigenvalue weighted by Gasteiger charge is 2.25. The molecule has 0 aromatic heterocycles. The zero-order valence-electron chi connectivity index (χ0n) is 10.1. The number of nitriles is 1. The maximum Gasteiger partial charge on any atom is 0.234 e. The van der Waals surface area contributed by atoms with E-state index in [1.165, 1.54) is 12.8 Å². The molecule has 1 amide bonds. The SMILES string of the molecule is N#CC1CNCCN1CC(=O)NC1CCCC1. The van der Waals surface area contributed by atoms with Gasteiger partial charge in [-0.2, -0.15) is 5.26 Å². The molecule has 1 atom stereocenters. The molecule has 2 N–H and O–H groups in total. The molecule has 2 rings (SSSR count). The van der Waals surface area contributed by atoms with Gasteiger partial charge >= 0.3 is 0 Å². The summed E-state index contributed by atoms with van der Waals surface area (Å²) in [4.78, 5) is 13.8. The highest BCUT2D eigenvalue weighted by Crippen LogP contribution is 2.17. The first-order valence-corrected chi connectivity index (χ1v) is 6.43. The van der Waals surface area contributed by atoms with Crippen molar-refractivity contribution in [3.8, 4) is 6.07 Å². The smallest absolute Gasteiger partial charge is 0.234 e. The number of nitrogens with one attached hydrogen (secondary N) is 2. The minimum absolute atomic E-state index is 0.0686. The van der Waals surface area contributed by atoms with Crippen LogP contribution < -0.4 is 10.6 Å². The standard InChI is InChI=1S/C12H20N4O/c13-7-11-8-14-5-6-16(11)9-12(17)15-10-3-1-2-4-10/h10-11,14H,1-6,8-9H2,(H,15,17). The van der Waals surface area contributed by atoms with Crippen LogP contribution in [0, 0.1) is 11.3 Å². The monoisotopic (exact) mass is 236 g/mol. The number of piperazine rings is 1. The number of carbonyl (C=O) groups is 1. The maximum absolute atomic E-state index is 11.8. The molecule has 5 heteroatoms. The van der Waals surface area contributed by atoms with Crippen LogP contribution >= 0.6 is 0 Å². The second-order valence-corrected chi connectivity index (χ2v) is 4.87. The first kappa shape index (κ1) is 12.3. The van der Waals surface area contributed by atoms with Gasteiger partial charge in [-0.1, -0.05) is 12.8 Å². The topological polar surface area (TPSA) is 68.2 Å². The third-order valence-corrected chi connectivity index (χ3v) is 3.57. The van der Waals surface area contributed by atoms with Crippen LogP contribution in [0.25, 0.3) is 0 Å². The largest absolute Gasteiger partial charge is 0.352 e. The Kier molecular flexibility index (Phi) is 4.35. The molecule has 1 unspecified atom stereocenters. The molecule has 1 aliphatic carbocycles. The highest BCUT2D eigenvalue weighted by molar-refractivity contribution is 5.78. The first-order chi connectivity index (χ1) is 8.29. The Morgan fingerprint density at radius 2 is 2.24 bits per heavy atom. The van der Waals surface area contributed by atoms with Crippen LogP contribution in [0.2, 0.25) is 0 Å². The van der Waals surface area contributed by atoms with Gasteiger partial charge < -0.3 is 10.6 Å². The lowest BCUT2D eigenvalue weighted by molar-refractivity contribution is -0.123. The first-order valence-electron chi connectivity index (χ1n) is 6.43. The normalized spacial score (nSPS) is 26.6. The van der Waals surface area contributed by atoms with Crippen molar-refractivity contribution in [1.82, 2.24) is 15.5 Å². The third kappa shape index (κ3) is 3.42. The molecule has 0 bridgehead atoms. The third-order valence-electron chi connectivity index (χ3n) is 3.57. The van der Waals surface area contributed by atoms with E-state index in [1.54, 1.807) is 0 Å². The van der Waals surface area contributed by atoms with Gasteiger partial charge in [-0.15, -0.1) is 0 Å². The fraction of sp³-hybridized carbons (Fsp3) is 0.833. The molecule has 94 valence electrons. The Hall–Kier alpha value is -1.12. The van der Waals surface area contributed by atoms with Crippen molar-refractivity contribution in [2.75, 3.05) is 26.2 Å². The van der Waals surface area contributed by atoms with E-state index in [9.17, 15) is 4.79 Å². The number of hydrogen-bond acceptors (Lipinski definition) is 4. The molecule has 1 saturated heterocycles. The lowest BCUT2D eigenvalue weighted by Crippen LogP contribution is -2.54. The Balaban J connectivity index is 1.78. The quantitative estimate of drug-likeness (QED) is 0.714. The van der Waals surface area contributed by atoms with Crippen molar-refractivity contribution in [2.24, 2.45) is 0 Å². The predicted molar refractivity (Wildman–Crippen MR) is 64.2 cm³/mol. The van der Waals surface area contributed by atoms with Gasteiger partial charge in [0.25, 0.3) is 0 Å². The van der Waals surface area contributed by atoms with Crippen LogP contribution in [-0.4, -0.2) is 49.1 Å². The van der Waals surface area contributed by atoms with Gasteiger partial charge in [-0.05, 0) is 12.8 Å². The summed E-state index contributed by atoms with van der Waals surface area (Å²) in [5.41, 5.74) is 0. The second-order valence-electron chi connectivity index (χ2n) is 4.87. The summed E-state index contributed by atoms with van der Waals surface area (Å²) < 4.78 is 0. The number of hydrogen-bond donors (Lipinski definition) is 2. The lowest BCUT2D eigenvalue weighted by Gasteiger charge is -2.31. The van der Waals surface area contributed by atoms with E-state index in [4.69, 9.17) is 5.26 Å². The summed E-state index contributed by atoms with van der Waals surface area (Å²) in [7, 11) is 0. The van der Waals surface area contributed by atoms with Crippen molar-refractivity contribution >= 4 is 5.91 Å². The molecule has 17 heavy (non-hydrogen) atoms. The Bertz CT molecular complexity index is 306. The van der Waals surface area contributed by atoms with E-state index in [2.05, 4.69) is 16.7 Å². The van der Waals surface area contributed by atoms with Crippen LogP contribution in [0.1, 0.15) is 25.7 Å². The van der Waals surface area contributed by atoms with E-state index in [0.29, 0.717) is 19.1 Å². The highest BCUT2D eigenvalue weighted by atomic mass is 16.2. The minimum Gasteiger partial charge on any atom is -0.352 e. The molecule has 5 nitrogen and oxygen atoms in total.